The molecule has 0 unspecified atom stereocenters. The van der Waals surface area contributed by atoms with Gasteiger partial charge in [0, 0.05) is 13.0 Å². The molecule has 0 aromatic heterocycles. The average Bonchev–Trinajstić information content (AvgIpc) is 2.30. The summed E-state index contributed by atoms with van der Waals surface area (Å²) in [4.78, 5) is 21.2. The van der Waals surface area contributed by atoms with Gasteiger partial charge in [-0.2, -0.15) is 5.11 Å². The second-order valence-corrected chi connectivity index (χ2v) is 3.99. The topological polar surface area (TPSA) is 105 Å². The van der Waals surface area contributed by atoms with Crippen molar-refractivity contribution in [3.05, 3.63) is 44.8 Å². The van der Waals surface area contributed by atoms with Gasteiger partial charge < -0.3 is 5.11 Å². The number of allylic oxidation sites excluding steroid dienone is 2. The van der Waals surface area contributed by atoms with E-state index < -0.39 is 10.7 Å². The van der Waals surface area contributed by atoms with Crippen molar-refractivity contribution >= 4 is 28.8 Å². The van der Waals surface area contributed by atoms with Crippen LogP contribution in [-0.2, 0) is 4.79 Å². The van der Waals surface area contributed by atoms with Crippen LogP contribution in [0.2, 0.25) is 5.02 Å². The molecule has 0 aliphatic carbocycles. The summed E-state index contributed by atoms with van der Waals surface area (Å²) in [5.41, 5.74) is -0.374. The van der Waals surface area contributed by atoms with Crippen LogP contribution in [-0.4, -0.2) is 15.8 Å². The predicted molar refractivity (Wildman–Crippen MR) is 68.6 cm³/mol. The van der Waals surface area contributed by atoms with Gasteiger partial charge in [-0.05, 0) is 19.1 Å². The van der Waals surface area contributed by atoms with E-state index >= 15 is 0 Å². The van der Waals surface area contributed by atoms with Crippen molar-refractivity contribution < 1.29 is 14.8 Å². The van der Waals surface area contributed by atoms with Crippen molar-refractivity contribution in [2.24, 2.45) is 10.2 Å². The van der Waals surface area contributed by atoms with Crippen LogP contribution in [0, 0.1) is 10.1 Å². The molecule has 0 fully saturated rings. The van der Waals surface area contributed by atoms with Crippen molar-refractivity contribution in [1.29, 1.82) is 0 Å². The summed E-state index contributed by atoms with van der Waals surface area (Å²) >= 11 is 5.64. The number of nitro benzene ring substituents is 1. The Kier molecular flexibility index (Phi) is 4.71. The van der Waals surface area contributed by atoms with Crippen molar-refractivity contribution in [3.8, 4) is 0 Å². The first-order chi connectivity index (χ1) is 8.82. The molecule has 0 radical (unpaired) electrons. The van der Waals surface area contributed by atoms with Crippen molar-refractivity contribution in [3.63, 3.8) is 0 Å². The van der Waals surface area contributed by atoms with Gasteiger partial charge in [0.2, 0.25) is 0 Å². The van der Waals surface area contributed by atoms with Crippen molar-refractivity contribution in [1.82, 2.24) is 0 Å². The van der Waals surface area contributed by atoms with E-state index in [4.69, 9.17) is 11.6 Å². The third kappa shape index (κ3) is 3.85. The Bertz CT molecular complexity index is 592. The largest absolute Gasteiger partial charge is 0.510 e. The first-order valence-corrected chi connectivity index (χ1v) is 5.47. The standard InChI is InChI=1S/C11H10ClN3O4/c1-6(16)11(7(2)17)14-13-8-3-4-9(12)10(5-8)15(18)19/h3-5,16H,1-2H3/b11-6-,14-13?. The van der Waals surface area contributed by atoms with Crippen LogP contribution >= 0.6 is 11.6 Å². The maximum absolute atomic E-state index is 11.1. The lowest BCUT2D eigenvalue weighted by Crippen LogP contribution is -1.96. The van der Waals surface area contributed by atoms with E-state index in [1.54, 1.807) is 0 Å². The van der Waals surface area contributed by atoms with Gasteiger partial charge in [-0.15, -0.1) is 5.11 Å². The Labute approximate surface area is 113 Å². The molecule has 0 amide bonds. The number of hydrogen-bond donors (Lipinski definition) is 1. The summed E-state index contributed by atoms with van der Waals surface area (Å²) in [6.45, 7) is 2.51. The predicted octanol–water partition coefficient (Wildman–Crippen LogP) is 3.71. The van der Waals surface area contributed by atoms with Gasteiger partial charge in [0.05, 0.1) is 10.6 Å². The quantitative estimate of drug-likeness (QED) is 0.299. The number of aliphatic hydroxyl groups excluding tert-OH is 1. The van der Waals surface area contributed by atoms with Crippen LogP contribution in [0.1, 0.15) is 13.8 Å². The van der Waals surface area contributed by atoms with E-state index in [9.17, 15) is 20.0 Å². The Morgan fingerprint density at radius 2 is 2.05 bits per heavy atom. The second-order valence-electron chi connectivity index (χ2n) is 3.58. The summed E-state index contributed by atoms with van der Waals surface area (Å²) in [6, 6.07) is 3.83. The molecule has 1 aromatic rings. The highest BCUT2D eigenvalue weighted by atomic mass is 35.5. The van der Waals surface area contributed by atoms with E-state index in [0.29, 0.717) is 0 Å². The fourth-order valence-corrected chi connectivity index (χ4v) is 1.39. The minimum absolute atomic E-state index is 0.0235. The molecular formula is C11H10ClN3O4. The van der Waals surface area contributed by atoms with Crippen LogP contribution in [0.25, 0.3) is 0 Å². The fourth-order valence-electron chi connectivity index (χ4n) is 1.21. The lowest BCUT2D eigenvalue weighted by molar-refractivity contribution is -0.384. The Morgan fingerprint density at radius 1 is 1.42 bits per heavy atom. The molecule has 8 heteroatoms. The zero-order valence-corrected chi connectivity index (χ0v) is 10.9. The zero-order chi connectivity index (χ0) is 14.6. The average molecular weight is 284 g/mol. The third-order valence-electron chi connectivity index (χ3n) is 2.07. The maximum Gasteiger partial charge on any atom is 0.290 e. The van der Waals surface area contributed by atoms with Gasteiger partial charge >= 0.3 is 0 Å². The Hall–Kier alpha value is -2.28. The van der Waals surface area contributed by atoms with Gasteiger partial charge in [0.1, 0.15) is 10.8 Å². The van der Waals surface area contributed by atoms with E-state index in [2.05, 4.69) is 10.2 Å². The molecule has 0 heterocycles. The molecule has 0 bridgehead atoms. The SMILES string of the molecule is CC(=O)/C(N=Nc1ccc(Cl)c([N+](=O)[O-])c1)=C(\C)O. The number of carbonyl (C=O) groups is 1. The summed E-state index contributed by atoms with van der Waals surface area (Å²) in [5.74, 6) is -0.744. The molecule has 1 rings (SSSR count). The van der Waals surface area contributed by atoms with E-state index in [0.717, 1.165) is 6.07 Å². The monoisotopic (exact) mass is 283 g/mol. The number of rotatable bonds is 4. The molecular weight excluding hydrogens is 274 g/mol. The van der Waals surface area contributed by atoms with Gasteiger partial charge in [0.15, 0.2) is 11.5 Å². The minimum atomic E-state index is -0.652. The Morgan fingerprint density at radius 3 is 2.53 bits per heavy atom. The van der Waals surface area contributed by atoms with Crippen LogP contribution in [0.4, 0.5) is 11.4 Å². The molecule has 1 N–H and O–H groups in total. The van der Waals surface area contributed by atoms with Crippen LogP contribution in [0.3, 0.4) is 0 Å². The summed E-state index contributed by atoms with van der Waals surface area (Å²) in [5, 5.41) is 27.1. The summed E-state index contributed by atoms with van der Waals surface area (Å²) in [6.07, 6.45) is 0. The molecule has 0 aliphatic heterocycles. The van der Waals surface area contributed by atoms with E-state index in [1.807, 2.05) is 0 Å². The normalized spacial score (nSPS) is 12.4. The molecule has 7 nitrogen and oxygen atoms in total. The molecule has 0 saturated carbocycles. The van der Waals surface area contributed by atoms with Gasteiger partial charge in [-0.3, -0.25) is 14.9 Å². The number of benzene rings is 1. The third-order valence-corrected chi connectivity index (χ3v) is 2.39. The molecule has 19 heavy (non-hydrogen) atoms. The maximum atomic E-state index is 11.1. The van der Waals surface area contributed by atoms with E-state index in [-0.39, 0.29) is 27.9 Å². The first-order valence-electron chi connectivity index (χ1n) is 5.09. The number of hydrogen-bond acceptors (Lipinski definition) is 6. The Balaban J connectivity index is 3.13. The summed E-state index contributed by atoms with van der Waals surface area (Å²) in [7, 11) is 0. The van der Waals surface area contributed by atoms with Gasteiger partial charge in [0.25, 0.3) is 5.69 Å². The fraction of sp³-hybridized carbons (Fsp3) is 0.182. The zero-order valence-electron chi connectivity index (χ0n) is 10.1. The molecule has 0 spiro atoms. The number of ketones is 1. The van der Waals surface area contributed by atoms with Gasteiger partial charge in [-0.25, -0.2) is 0 Å². The van der Waals surface area contributed by atoms with Crippen LogP contribution in [0.5, 0.6) is 0 Å². The molecule has 0 aliphatic rings. The van der Waals surface area contributed by atoms with Crippen LogP contribution < -0.4 is 0 Å². The number of azo groups is 1. The minimum Gasteiger partial charge on any atom is -0.510 e. The highest BCUT2D eigenvalue weighted by Gasteiger charge is 2.13. The highest BCUT2D eigenvalue weighted by molar-refractivity contribution is 6.32. The van der Waals surface area contributed by atoms with Crippen molar-refractivity contribution in [2.45, 2.75) is 13.8 Å². The lowest BCUT2D eigenvalue weighted by Gasteiger charge is -1.98. The molecule has 0 atom stereocenters. The number of aliphatic hydroxyl groups is 1. The lowest BCUT2D eigenvalue weighted by atomic mass is 10.3. The number of Topliss-reactive ketones (excluding diaryl/α,β-unsaturated/α-hetero) is 1. The van der Waals surface area contributed by atoms with Crippen molar-refractivity contribution in [2.75, 3.05) is 0 Å². The highest BCUT2D eigenvalue weighted by Crippen LogP contribution is 2.29. The number of carbonyl (C=O) groups excluding carboxylic acids is 1. The number of nitrogens with zero attached hydrogens (tertiary/aromatic N) is 3. The smallest absolute Gasteiger partial charge is 0.290 e. The van der Waals surface area contributed by atoms with E-state index in [1.165, 1.54) is 26.0 Å². The molecule has 0 saturated heterocycles. The number of halogens is 1. The molecule has 100 valence electrons. The molecule has 1 aromatic carbocycles. The van der Waals surface area contributed by atoms with Crippen LogP contribution in [0.15, 0.2) is 39.9 Å². The second kappa shape index (κ2) is 6.05. The summed E-state index contributed by atoms with van der Waals surface area (Å²) < 4.78 is 0. The van der Waals surface area contributed by atoms with Gasteiger partial charge in [-0.1, -0.05) is 11.6 Å². The number of nitro groups is 1. The first kappa shape index (κ1) is 14.8.